The monoisotopic (exact) mass is 414 g/mol. The molecular formula is C21H23ClN4O3. The molecule has 1 fully saturated rings. The van der Waals surface area contributed by atoms with Crippen LogP contribution in [0.4, 0.5) is 5.82 Å². The highest BCUT2D eigenvalue weighted by molar-refractivity contribution is 6.35. The number of nitrogens with one attached hydrogen (secondary N) is 2. The van der Waals surface area contributed by atoms with Crippen molar-refractivity contribution in [3.8, 4) is 0 Å². The summed E-state index contributed by atoms with van der Waals surface area (Å²) in [4.78, 5) is 24.8. The van der Waals surface area contributed by atoms with Crippen molar-refractivity contribution in [3.63, 3.8) is 0 Å². The minimum Gasteiger partial charge on any atom is -0.387 e. The number of halogens is 1. The first kappa shape index (κ1) is 19.8. The highest BCUT2D eigenvalue weighted by Crippen LogP contribution is 2.33. The highest BCUT2D eigenvalue weighted by atomic mass is 35.5. The molecule has 8 heteroatoms. The minimum absolute atomic E-state index is 0.142. The summed E-state index contributed by atoms with van der Waals surface area (Å²) >= 11 is 6.22. The van der Waals surface area contributed by atoms with Crippen LogP contribution in [0.5, 0.6) is 0 Å². The van der Waals surface area contributed by atoms with Crippen molar-refractivity contribution in [3.05, 3.63) is 52.9 Å². The van der Waals surface area contributed by atoms with E-state index in [0.29, 0.717) is 52.4 Å². The number of ketones is 1. The first-order valence-corrected chi connectivity index (χ1v) is 9.98. The van der Waals surface area contributed by atoms with Gasteiger partial charge in [-0.1, -0.05) is 23.7 Å². The molecule has 2 heterocycles. The second-order valence-electron chi connectivity index (χ2n) is 7.53. The summed E-state index contributed by atoms with van der Waals surface area (Å²) in [5.74, 6) is 0.423. The molecule has 1 saturated carbocycles. The summed E-state index contributed by atoms with van der Waals surface area (Å²) in [6.45, 7) is 0.339. The van der Waals surface area contributed by atoms with E-state index in [1.54, 1.807) is 37.6 Å². The Bertz CT molecular complexity index is 1030. The molecule has 1 aliphatic carbocycles. The summed E-state index contributed by atoms with van der Waals surface area (Å²) in [6.07, 6.45) is 5.97. The van der Waals surface area contributed by atoms with E-state index in [2.05, 4.69) is 20.3 Å². The number of fused-ring (bicyclic) bond motifs is 1. The van der Waals surface area contributed by atoms with Crippen LogP contribution in [-0.4, -0.2) is 51.2 Å². The summed E-state index contributed by atoms with van der Waals surface area (Å²) in [7, 11) is 1.60. The lowest BCUT2D eigenvalue weighted by molar-refractivity contribution is -0.0572. The number of nitrogens with zero attached hydrogens (tertiary/aromatic N) is 2. The van der Waals surface area contributed by atoms with Crippen molar-refractivity contribution in [1.29, 1.82) is 0 Å². The number of benzene rings is 1. The molecule has 152 valence electrons. The maximum absolute atomic E-state index is 13.1. The van der Waals surface area contributed by atoms with Gasteiger partial charge < -0.3 is 20.1 Å². The molecule has 0 bridgehead atoms. The molecule has 3 N–H and O–H groups in total. The number of ether oxygens (including phenoxy) is 1. The van der Waals surface area contributed by atoms with Gasteiger partial charge in [-0.25, -0.2) is 9.97 Å². The largest absolute Gasteiger partial charge is 0.387 e. The van der Waals surface area contributed by atoms with E-state index < -0.39 is 5.60 Å². The lowest BCUT2D eigenvalue weighted by Gasteiger charge is -2.36. The summed E-state index contributed by atoms with van der Waals surface area (Å²) in [5.41, 5.74) is 0.729. The van der Waals surface area contributed by atoms with Gasteiger partial charge in [-0.2, -0.15) is 0 Å². The second-order valence-corrected chi connectivity index (χ2v) is 7.94. The molecule has 0 spiro atoms. The smallest absolute Gasteiger partial charge is 0.196 e. The molecule has 1 aliphatic rings. The number of hydrogen-bond acceptors (Lipinski definition) is 6. The van der Waals surface area contributed by atoms with E-state index in [0.717, 1.165) is 12.8 Å². The third kappa shape index (κ3) is 3.99. The molecule has 0 atom stereocenters. The quantitative estimate of drug-likeness (QED) is 0.533. The van der Waals surface area contributed by atoms with E-state index in [-0.39, 0.29) is 11.8 Å². The fourth-order valence-electron chi connectivity index (χ4n) is 3.95. The third-order valence-corrected chi connectivity index (χ3v) is 5.83. The number of anilines is 1. The van der Waals surface area contributed by atoms with Crippen molar-refractivity contribution >= 4 is 34.2 Å². The number of hydrogen-bond donors (Lipinski definition) is 3. The molecule has 29 heavy (non-hydrogen) atoms. The average Bonchev–Trinajstić information content (AvgIpc) is 3.15. The van der Waals surface area contributed by atoms with Crippen molar-refractivity contribution in [1.82, 2.24) is 15.0 Å². The molecule has 2 aromatic heterocycles. The molecule has 3 aromatic rings. The van der Waals surface area contributed by atoms with Crippen LogP contribution < -0.4 is 5.32 Å². The number of rotatable bonds is 6. The van der Waals surface area contributed by atoms with Crippen molar-refractivity contribution in [2.75, 3.05) is 19.0 Å². The van der Waals surface area contributed by atoms with Gasteiger partial charge in [0, 0.05) is 24.9 Å². The summed E-state index contributed by atoms with van der Waals surface area (Å²) in [5, 5.41) is 15.0. The van der Waals surface area contributed by atoms with Crippen LogP contribution in [0.15, 0.2) is 36.8 Å². The SMILES string of the molecule is COCC1(O)CCC(Nc2ncnc3[nH]cc(C(=O)c4ccccc4Cl)c23)CC1. The zero-order chi connectivity index (χ0) is 20.4. The van der Waals surface area contributed by atoms with Gasteiger partial charge in [-0.05, 0) is 37.8 Å². The number of methoxy groups -OCH3 is 1. The average molecular weight is 415 g/mol. The zero-order valence-corrected chi connectivity index (χ0v) is 16.9. The van der Waals surface area contributed by atoms with Crippen LogP contribution in [-0.2, 0) is 4.74 Å². The molecule has 0 radical (unpaired) electrons. The Labute approximate surface area is 173 Å². The number of aromatic nitrogens is 3. The molecule has 0 amide bonds. The van der Waals surface area contributed by atoms with Crippen LogP contribution in [0.3, 0.4) is 0 Å². The van der Waals surface area contributed by atoms with Crippen LogP contribution in [0.2, 0.25) is 5.02 Å². The fourth-order valence-corrected chi connectivity index (χ4v) is 4.17. The molecule has 7 nitrogen and oxygen atoms in total. The standard InChI is InChI=1S/C21H23ClN4O3/c1-29-11-21(28)8-6-13(7-9-21)26-20-17-15(10-23-19(17)24-12-25-20)18(27)14-4-2-3-5-16(14)22/h2-5,10,12-13,28H,6-9,11H2,1H3,(H2,23,24,25,26). The second kappa shape index (κ2) is 8.10. The van der Waals surface area contributed by atoms with Gasteiger partial charge in [-0.15, -0.1) is 0 Å². The van der Waals surface area contributed by atoms with Crippen LogP contribution in [0.25, 0.3) is 11.0 Å². The highest BCUT2D eigenvalue weighted by Gasteiger charge is 2.33. The number of aromatic amines is 1. The first-order valence-electron chi connectivity index (χ1n) is 9.60. The van der Waals surface area contributed by atoms with E-state index in [4.69, 9.17) is 16.3 Å². The Hall–Kier alpha value is -2.48. The maximum Gasteiger partial charge on any atom is 0.196 e. The van der Waals surface area contributed by atoms with Crippen LogP contribution >= 0.6 is 11.6 Å². The normalized spacial score (nSPS) is 22.0. The lowest BCUT2D eigenvalue weighted by atomic mass is 9.82. The van der Waals surface area contributed by atoms with Crippen LogP contribution in [0, 0.1) is 0 Å². The molecule has 0 aliphatic heterocycles. The van der Waals surface area contributed by atoms with Gasteiger partial charge in [0.25, 0.3) is 0 Å². The topological polar surface area (TPSA) is 100 Å². The van der Waals surface area contributed by atoms with Crippen molar-refractivity contribution < 1.29 is 14.6 Å². The Morgan fingerprint density at radius 3 is 2.79 bits per heavy atom. The number of carbonyl (C=O) groups excluding carboxylic acids is 1. The minimum atomic E-state index is -0.771. The van der Waals surface area contributed by atoms with Crippen LogP contribution in [0.1, 0.15) is 41.6 Å². The Morgan fingerprint density at radius 1 is 1.31 bits per heavy atom. The molecule has 4 rings (SSSR count). The van der Waals surface area contributed by atoms with Gasteiger partial charge >= 0.3 is 0 Å². The molecular weight excluding hydrogens is 392 g/mol. The zero-order valence-electron chi connectivity index (χ0n) is 16.1. The van der Waals surface area contributed by atoms with E-state index >= 15 is 0 Å². The number of carbonyl (C=O) groups is 1. The predicted molar refractivity (Wildman–Crippen MR) is 111 cm³/mol. The van der Waals surface area contributed by atoms with E-state index in [1.165, 1.54) is 6.33 Å². The maximum atomic E-state index is 13.1. The summed E-state index contributed by atoms with van der Waals surface area (Å²) in [6, 6.07) is 7.12. The van der Waals surface area contributed by atoms with Gasteiger partial charge in [0.2, 0.25) is 0 Å². The van der Waals surface area contributed by atoms with Gasteiger partial charge in [-0.3, -0.25) is 4.79 Å². The predicted octanol–water partition coefficient (Wildman–Crippen LogP) is 3.57. The van der Waals surface area contributed by atoms with Gasteiger partial charge in [0.05, 0.1) is 28.2 Å². The molecule has 0 saturated heterocycles. The van der Waals surface area contributed by atoms with Gasteiger partial charge in [0.15, 0.2) is 5.78 Å². The Balaban J connectivity index is 1.61. The van der Waals surface area contributed by atoms with E-state index in [1.807, 2.05) is 0 Å². The fraction of sp³-hybridized carbons (Fsp3) is 0.381. The van der Waals surface area contributed by atoms with Gasteiger partial charge in [0.1, 0.15) is 17.8 Å². The third-order valence-electron chi connectivity index (χ3n) is 5.50. The number of aliphatic hydroxyl groups is 1. The Morgan fingerprint density at radius 2 is 2.07 bits per heavy atom. The van der Waals surface area contributed by atoms with Crippen molar-refractivity contribution in [2.45, 2.75) is 37.3 Å². The lowest BCUT2D eigenvalue weighted by Crippen LogP contribution is -2.41. The van der Waals surface area contributed by atoms with Crippen molar-refractivity contribution in [2.24, 2.45) is 0 Å². The summed E-state index contributed by atoms with van der Waals surface area (Å²) < 4.78 is 5.14. The first-order chi connectivity index (χ1) is 14.0. The van der Waals surface area contributed by atoms with E-state index in [9.17, 15) is 9.90 Å². The molecule has 1 aromatic carbocycles. The number of H-pyrrole nitrogens is 1. The molecule has 0 unspecified atom stereocenters. The Kier molecular flexibility index (Phi) is 5.54.